The van der Waals surface area contributed by atoms with Crippen LogP contribution >= 0.6 is 0 Å². The normalized spacial score (nSPS) is 28.2. The van der Waals surface area contributed by atoms with Crippen LogP contribution < -0.4 is 11.1 Å². The number of hydrogen-bond donors (Lipinski definition) is 2. The highest BCUT2D eigenvalue weighted by Gasteiger charge is 2.32. The van der Waals surface area contributed by atoms with Crippen LogP contribution in [-0.2, 0) is 9.59 Å². The van der Waals surface area contributed by atoms with Gasteiger partial charge in [-0.25, -0.2) is 0 Å². The third-order valence-corrected chi connectivity index (χ3v) is 4.65. The van der Waals surface area contributed by atoms with Crippen molar-refractivity contribution < 1.29 is 9.59 Å². The molecule has 5 heteroatoms. The average Bonchev–Trinajstić information content (AvgIpc) is 2.48. The Bertz CT molecular complexity index is 343. The number of hydrogen-bond acceptors (Lipinski definition) is 3. The molecular formula is C15H27N3O2. The van der Waals surface area contributed by atoms with E-state index >= 15 is 0 Å². The largest absolute Gasteiger partial charge is 0.356 e. The molecule has 114 valence electrons. The minimum atomic E-state index is 0.0822. The smallest absolute Gasteiger partial charge is 0.225 e. The summed E-state index contributed by atoms with van der Waals surface area (Å²) in [6.07, 6.45) is 5.37. The Balaban J connectivity index is 1.78. The van der Waals surface area contributed by atoms with Crippen molar-refractivity contribution in [3.05, 3.63) is 0 Å². The molecule has 0 spiro atoms. The van der Waals surface area contributed by atoms with Crippen LogP contribution in [0.4, 0.5) is 0 Å². The zero-order valence-corrected chi connectivity index (χ0v) is 12.4. The van der Waals surface area contributed by atoms with Crippen molar-refractivity contribution >= 4 is 11.8 Å². The fourth-order valence-electron chi connectivity index (χ4n) is 3.30. The van der Waals surface area contributed by atoms with E-state index in [4.69, 9.17) is 5.73 Å². The van der Waals surface area contributed by atoms with Gasteiger partial charge in [0.15, 0.2) is 0 Å². The molecule has 1 saturated carbocycles. The summed E-state index contributed by atoms with van der Waals surface area (Å²) in [5.74, 6) is 0.670. The summed E-state index contributed by atoms with van der Waals surface area (Å²) in [6, 6.07) is 0.280. The fraction of sp³-hybridized carbons (Fsp3) is 0.867. The van der Waals surface area contributed by atoms with Crippen molar-refractivity contribution in [3.63, 3.8) is 0 Å². The molecule has 0 unspecified atom stereocenters. The van der Waals surface area contributed by atoms with Gasteiger partial charge in [0, 0.05) is 37.5 Å². The Morgan fingerprint density at radius 1 is 1.05 bits per heavy atom. The van der Waals surface area contributed by atoms with Gasteiger partial charge in [0.2, 0.25) is 11.8 Å². The number of amides is 2. The van der Waals surface area contributed by atoms with Crippen LogP contribution in [0.2, 0.25) is 0 Å². The first-order valence-corrected chi connectivity index (χ1v) is 7.94. The molecule has 0 aromatic carbocycles. The van der Waals surface area contributed by atoms with E-state index in [2.05, 4.69) is 5.32 Å². The molecule has 3 N–H and O–H groups in total. The quantitative estimate of drug-likeness (QED) is 0.806. The van der Waals surface area contributed by atoms with E-state index in [-0.39, 0.29) is 29.7 Å². The summed E-state index contributed by atoms with van der Waals surface area (Å²) in [7, 11) is 0. The zero-order chi connectivity index (χ0) is 14.5. The van der Waals surface area contributed by atoms with Gasteiger partial charge in [-0.3, -0.25) is 9.59 Å². The van der Waals surface area contributed by atoms with Crippen molar-refractivity contribution in [2.75, 3.05) is 19.6 Å². The topological polar surface area (TPSA) is 75.4 Å². The number of nitrogens with one attached hydrogen (secondary N) is 1. The molecular weight excluding hydrogens is 254 g/mol. The van der Waals surface area contributed by atoms with Crippen molar-refractivity contribution in [1.29, 1.82) is 0 Å². The van der Waals surface area contributed by atoms with E-state index in [1.165, 1.54) is 0 Å². The van der Waals surface area contributed by atoms with Gasteiger partial charge in [-0.05, 0) is 45.4 Å². The first kappa shape index (κ1) is 15.3. The number of piperidine rings is 1. The van der Waals surface area contributed by atoms with Crippen molar-refractivity contribution in [3.8, 4) is 0 Å². The van der Waals surface area contributed by atoms with Crippen LogP contribution in [0.1, 0.15) is 45.4 Å². The molecule has 1 aliphatic heterocycles. The summed E-state index contributed by atoms with van der Waals surface area (Å²) in [5, 5.41) is 2.87. The third-order valence-electron chi connectivity index (χ3n) is 4.65. The van der Waals surface area contributed by atoms with E-state index < -0.39 is 0 Å². The summed E-state index contributed by atoms with van der Waals surface area (Å²) in [6.45, 7) is 4.07. The monoisotopic (exact) mass is 281 g/mol. The van der Waals surface area contributed by atoms with Crippen LogP contribution in [0.25, 0.3) is 0 Å². The molecule has 1 aliphatic carbocycles. The van der Waals surface area contributed by atoms with Gasteiger partial charge in [0.25, 0.3) is 0 Å². The van der Waals surface area contributed by atoms with Crippen molar-refractivity contribution in [1.82, 2.24) is 10.2 Å². The van der Waals surface area contributed by atoms with Gasteiger partial charge < -0.3 is 16.0 Å². The van der Waals surface area contributed by atoms with Gasteiger partial charge in [-0.1, -0.05) is 0 Å². The van der Waals surface area contributed by atoms with E-state index in [1.807, 2.05) is 11.8 Å². The molecule has 1 saturated heterocycles. The number of rotatable bonds is 3. The van der Waals surface area contributed by atoms with Crippen LogP contribution in [0, 0.1) is 11.8 Å². The van der Waals surface area contributed by atoms with Crippen LogP contribution in [0.5, 0.6) is 0 Å². The van der Waals surface area contributed by atoms with Gasteiger partial charge in [-0.2, -0.15) is 0 Å². The van der Waals surface area contributed by atoms with Crippen LogP contribution in [-0.4, -0.2) is 42.4 Å². The van der Waals surface area contributed by atoms with Gasteiger partial charge in [0.1, 0.15) is 0 Å². The minimum Gasteiger partial charge on any atom is -0.356 e. The Hall–Kier alpha value is -1.10. The lowest BCUT2D eigenvalue weighted by atomic mass is 9.85. The second-order valence-corrected chi connectivity index (χ2v) is 6.11. The highest BCUT2D eigenvalue weighted by Crippen LogP contribution is 2.27. The second-order valence-electron chi connectivity index (χ2n) is 6.11. The molecule has 0 radical (unpaired) electrons. The highest BCUT2D eigenvalue weighted by molar-refractivity contribution is 5.81. The van der Waals surface area contributed by atoms with Gasteiger partial charge >= 0.3 is 0 Å². The summed E-state index contributed by atoms with van der Waals surface area (Å²) in [5.41, 5.74) is 5.89. The number of carbonyl (C=O) groups excluding carboxylic acids is 2. The molecule has 2 aliphatic rings. The molecule has 20 heavy (non-hydrogen) atoms. The van der Waals surface area contributed by atoms with Gasteiger partial charge in [0.05, 0.1) is 0 Å². The zero-order valence-electron chi connectivity index (χ0n) is 12.4. The predicted molar refractivity (Wildman–Crippen MR) is 77.9 cm³/mol. The highest BCUT2D eigenvalue weighted by atomic mass is 16.2. The maximum atomic E-state index is 12.4. The molecule has 0 bridgehead atoms. The Morgan fingerprint density at radius 2 is 1.65 bits per heavy atom. The van der Waals surface area contributed by atoms with Crippen molar-refractivity contribution in [2.24, 2.45) is 17.6 Å². The first-order chi connectivity index (χ1) is 9.61. The molecule has 0 atom stereocenters. The lowest BCUT2D eigenvalue weighted by molar-refractivity contribution is -0.140. The first-order valence-electron chi connectivity index (χ1n) is 7.94. The number of likely N-dealkylation sites (tertiary alicyclic amines) is 1. The van der Waals surface area contributed by atoms with Crippen LogP contribution in [0.3, 0.4) is 0 Å². The fourth-order valence-corrected chi connectivity index (χ4v) is 3.30. The number of nitrogens with two attached hydrogens (primary N) is 1. The van der Waals surface area contributed by atoms with E-state index in [0.717, 1.165) is 51.6 Å². The molecule has 0 aromatic heterocycles. The lowest BCUT2D eigenvalue weighted by Crippen LogP contribution is -2.46. The average molecular weight is 281 g/mol. The summed E-state index contributed by atoms with van der Waals surface area (Å²) in [4.78, 5) is 26.2. The molecule has 0 aromatic rings. The molecule has 5 nitrogen and oxygen atoms in total. The van der Waals surface area contributed by atoms with E-state index in [0.29, 0.717) is 6.54 Å². The van der Waals surface area contributed by atoms with E-state index in [9.17, 15) is 9.59 Å². The number of carbonyl (C=O) groups is 2. The third kappa shape index (κ3) is 3.72. The summed E-state index contributed by atoms with van der Waals surface area (Å²) < 4.78 is 0. The molecule has 2 fully saturated rings. The SMILES string of the molecule is CCNC(=O)C1CCN(C(=O)C2CCC(N)CC2)CC1. The Kier molecular flexibility index (Phi) is 5.40. The molecule has 2 rings (SSSR count). The van der Waals surface area contributed by atoms with Gasteiger partial charge in [-0.15, -0.1) is 0 Å². The Labute approximate surface area is 121 Å². The summed E-state index contributed by atoms with van der Waals surface area (Å²) >= 11 is 0. The second kappa shape index (κ2) is 7.07. The lowest BCUT2D eigenvalue weighted by Gasteiger charge is -2.35. The maximum Gasteiger partial charge on any atom is 0.225 e. The number of nitrogens with zero attached hydrogens (tertiary/aromatic N) is 1. The predicted octanol–water partition coefficient (Wildman–Crippen LogP) is 0.879. The Morgan fingerprint density at radius 3 is 2.20 bits per heavy atom. The molecule has 2 amide bonds. The van der Waals surface area contributed by atoms with Crippen molar-refractivity contribution in [2.45, 2.75) is 51.5 Å². The van der Waals surface area contributed by atoms with E-state index in [1.54, 1.807) is 0 Å². The maximum absolute atomic E-state index is 12.4. The van der Waals surface area contributed by atoms with Crippen LogP contribution in [0.15, 0.2) is 0 Å². The standard InChI is InChI=1S/C15H27N3O2/c1-2-17-14(19)11-7-9-18(10-8-11)15(20)12-3-5-13(16)6-4-12/h11-13H,2-10,16H2,1H3,(H,17,19). The molecule has 1 heterocycles. The minimum absolute atomic E-state index is 0.0822.